The zero-order valence-electron chi connectivity index (χ0n) is 15.8. The Kier molecular flexibility index (Phi) is 6.06. The number of esters is 1. The third kappa shape index (κ3) is 4.64. The van der Waals surface area contributed by atoms with Crippen LogP contribution in [0.4, 0.5) is 11.4 Å². The number of hydrogen-bond acceptors (Lipinski definition) is 5. The van der Waals surface area contributed by atoms with Gasteiger partial charge in [0.15, 0.2) is 0 Å². The maximum absolute atomic E-state index is 12.5. The summed E-state index contributed by atoms with van der Waals surface area (Å²) in [6, 6.07) is 10.4. The van der Waals surface area contributed by atoms with E-state index in [4.69, 9.17) is 4.74 Å². The van der Waals surface area contributed by atoms with Gasteiger partial charge in [0.1, 0.15) is 5.69 Å². The van der Waals surface area contributed by atoms with Gasteiger partial charge in [0.05, 0.1) is 29.7 Å². The van der Waals surface area contributed by atoms with E-state index in [0.29, 0.717) is 16.9 Å². The molecule has 0 bridgehead atoms. The summed E-state index contributed by atoms with van der Waals surface area (Å²) in [6.07, 6.45) is 4.09. The molecule has 1 aliphatic heterocycles. The highest BCUT2D eigenvalue weighted by Gasteiger charge is 2.18. The van der Waals surface area contributed by atoms with Gasteiger partial charge in [0.2, 0.25) is 0 Å². The summed E-state index contributed by atoms with van der Waals surface area (Å²) in [6.45, 7) is 6.33. The molecule has 0 saturated carbocycles. The van der Waals surface area contributed by atoms with Crippen LogP contribution in [0.5, 0.6) is 0 Å². The van der Waals surface area contributed by atoms with Gasteiger partial charge < -0.3 is 15.0 Å². The highest BCUT2D eigenvalue weighted by molar-refractivity contribution is 6.07. The van der Waals surface area contributed by atoms with Crippen LogP contribution in [0.25, 0.3) is 0 Å². The Balaban J connectivity index is 1.69. The molecular weight excluding hydrogens is 342 g/mol. The van der Waals surface area contributed by atoms with E-state index in [1.807, 2.05) is 6.07 Å². The number of anilines is 2. The van der Waals surface area contributed by atoms with Crippen molar-refractivity contribution >= 4 is 23.3 Å². The van der Waals surface area contributed by atoms with Crippen LogP contribution in [0.1, 0.15) is 47.5 Å². The number of pyridine rings is 1. The summed E-state index contributed by atoms with van der Waals surface area (Å²) in [5.74, 6) is -0.0553. The molecule has 1 fully saturated rings. The Morgan fingerprint density at radius 2 is 1.93 bits per heavy atom. The molecule has 6 heteroatoms. The molecule has 0 spiro atoms. The van der Waals surface area contributed by atoms with E-state index >= 15 is 0 Å². The fourth-order valence-corrected chi connectivity index (χ4v) is 3.14. The fourth-order valence-electron chi connectivity index (χ4n) is 3.14. The smallest absolute Gasteiger partial charge is 0.340 e. The van der Waals surface area contributed by atoms with Crippen molar-refractivity contribution in [2.45, 2.75) is 26.7 Å². The Morgan fingerprint density at radius 3 is 2.59 bits per heavy atom. The number of carbonyl (C=O) groups excluding carboxylic acids is 2. The van der Waals surface area contributed by atoms with Gasteiger partial charge >= 0.3 is 5.97 Å². The average Bonchev–Trinajstić information content (AvgIpc) is 2.69. The SMILES string of the molecule is CCOC(=O)c1ccccc1NC(=O)c1ccc(N2CCC(C)CC2)cn1. The van der Waals surface area contributed by atoms with Crippen LogP contribution < -0.4 is 10.2 Å². The minimum atomic E-state index is -0.462. The number of ether oxygens (including phenoxy) is 1. The molecule has 1 amide bonds. The molecule has 27 heavy (non-hydrogen) atoms. The van der Waals surface area contributed by atoms with E-state index < -0.39 is 5.97 Å². The minimum Gasteiger partial charge on any atom is -0.462 e. The number of amides is 1. The highest BCUT2D eigenvalue weighted by Crippen LogP contribution is 2.23. The van der Waals surface area contributed by atoms with Crippen molar-refractivity contribution in [1.29, 1.82) is 0 Å². The third-order valence-corrected chi connectivity index (χ3v) is 4.80. The monoisotopic (exact) mass is 367 g/mol. The molecule has 0 radical (unpaired) electrons. The number of para-hydroxylation sites is 1. The molecule has 1 saturated heterocycles. The van der Waals surface area contributed by atoms with Crippen molar-refractivity contribution in [2.24, 2.45) is 5.92 Å². The lowest BCUT2D eigenvalue weighted by atomic mass is 9.99. The second-order valence-electron chi connectivity index (χ2n) is 6.79. The minimum absolute atomic E-state index is 0.277. The maximum atomic E-state index is 12.5. The van der Waals surface area contributed by atoms with E-state index in [1.165, 1.54) is 12.8 Å². The molecule has 6 nitrogen and oxygen atoms in total. The first-order chi connectivity index (χ1) is 13.1. The van der Waals surface area contributed by atoms with E-state index in [1.54, 1.807) is 43.5 Å². The van der Waals surface area contributed by atoms with Gasteiger partial charge in [-0.15, -0.1) is 0 Å². The van der Waals surface area contributed by atoms with Crippen molar-refractivity contribution in [3.05, 3.63) is 53.9 Å². The number of benzene rings is 1. The van der Waals surface area contributed by atoms with Crippen LogP contribution in [0.3, 0.4) is 0 Å². The average molecular weight is 367 g/mol. The van der Waals surface area contributed by atoms with Gasteiger partial charge in [-0.2, -0.15) is 0 Å². The van der Waals surface area contributed by atoms with Crippen molar-refractivity contribution < 1.29 is 14.3 Å². The zero-order valence-corrected chi connectivity index (χ0v) is 15.8. The predicted octanol–water partition coefficient (Wildman–Crippen LogP) is 3.75. The summed E-state index contributed by atoms with van der Waals surface area (Å²) >= 11 is 0. The van der Waals surface area contributed by atoms with E-state index in [2.05, 4.69) is 22.1 Å². The normalized spacial score (nSPS) is 14.7. The Bertz CT molecular complexity index is 797. The fraction of sp³-hybridized carbons (Fsp3) is 0.381. The van der Waals surface area contributed by atoms with E-state index in [0.717, 1.165) is 24.7 Å². The predicted molar refractivity (Wildman–Crippen MR) is 105 cm³/mol. The molecule has 3 rings (SSSR count). The van der Waals surface area contributed by atoms with Gasteiger partial charge in [-0.3, -0.25) is 4.79 Å². The van der Waals surface area contributed by atoms with Crippen molar-refractivity contribution in [2.75, 3.05) is 29.9 Å². The lowest BCUT2D eigenvalue weighted by Crippen LogP contribution is -2.32. The van der Waals surface area contributed by atoms with Gasteiger partial charge in [-0.25, -0.2) is 9.78 Å². The second kappa shape index (κ2) is 8.66. The number of carbonyl (C=O) groups is 2. The number of aromatic nitrogens is 1. The third-order valence-electron chi connectivity index (χ3n) is 4.80. The lowest BCUT2D eigenvalue weighted by Gasteiger charge is -2.31. The van der Waals surface area contributed by atoms with Crippen molar-refractivity contribution in [3.63, 3.8) is 0 Å². The van der Waals surface area contributed by atoms with Gasteiger partial charge in [0, 0.05) is 13.1 Å². The summed E-state index contributed by atoms with van der Waals surface area (Å²) < 4.78 is 5.03. The summed E-state index contributed by atoms with van der Waals surface area (Å²) in [7, 11) is 0. The van der Waals surface area contributed by atoms with Gasteiger partial charge in [-0.1, -0.05) is 19.1 Å². The first kappa shape index (κ1) is 18.9. The molecule has 1 aromatic carbocycles. The molecule has 1 aliphatic rings. The number of nitrogens with zero attached hydrogens (tertiary/aromatic N) is 2. The van der Waals surface area contributed by atoms with Crippen LogP contribution >= 0.6 is 0 Å². The van der Waals surface area contributed by atoms with Crippen LogP contribution in [0, 0.1) is 5.92 Å². The van der Waals surface area contributed by atoms with Crippen molar-refractivity contribution in [1.82, 2.24) is 4.98 Å². The Labute approximate surface area is 159 Å². The number of hydrogen-bond donors (Lipinski definition) is 1. The molecule has 0 unspecified atom stereocenters. The van der Waals surface area contributed by atoms with E-state index in [9.17, 15) is 9.59 Å². The number of piperidine rings is 1. The molecule has 0 aliphatic carbocycles. The quantitative estimate of drug-likeness (QED) is 0.815. The van der Waals surface area contributed by atoms with Crippen molar-refractivity contribution in [3.8, 4) is 0 Å². The summed E-state index contributed by atoms with van der Waals surface area (Å²) in [5, 5.41) is 2.76. The summed E-state index contributed by atoms with van der Waals surface area (Å²) in [5.41, 5.74) is 2.08. The largest absolute Gasteiger partial charge is 0.462 e. The second-order valence-corrected chi connectivity index (χ2v) is 6.79. The molecule has 1 aromatic heterocycles. The molecule has 0 atom stereocenters. The van der Waals surface area contributed by atoms with Crippen LogP contribution in [0.2, 0.25) is 0 Å². The van der Waals surface area contributed by atoms with Gasteiger partial charge in [0.25, 0.3) is 5.91 Å². The topological polar surface area (TPSA) is 71.5 Å². The van der Waals surface area contributed by atoms with Crippen LogP contribution in [0.15, 0.2) is 42.6 Å². The highest BCUT2D eigenvalue weighted by atomic mass is 16.5. The van der Waals surface area contributed by atoms with Crippen LogP contribution in [-0.2, 0) is 4.74 Å². The molecule has 2 aromatic rings. The molecule has 1 N–H and O–H groups in total. The molecular formula is C21H25N3O3. The van der Waals surface area contributed by atoms with E-state index in [-0.39, 0.29) is 12.5 Å². The van der Waals surface area contributed by atoms with Gasteiger partial charge in [-0.05, 0) is 49.9 Å². The first-order valence-corrected chi connectivity index (χ1v) is 9.37. The standard InChI is InChI=1S/C21H25N3O3/c1-3-27-21(26)17-6-4-5-7-18(17)23-20(25)19-9-8-16(14-22-19)24-12-10-15(2)11-13-24/h4-9,14-15H,3,10-13H2,1-2H3,(H,23,25). The van der Waals surface area contributed by atoms with Crippen LogP contribution in [-0.4, -0.2) is 36.6 Å². The lowest BCUT2D eigenvalue weighted by molar-refractivity contribution is 0.0527. The Hall–Kier alpha value is -2.89. The number of rotatable bonds is 5. The summed E-state index contributed by atoms with van der Waals surface area (Å²) in [4.78, 5) is 31.2. The molecule has 142 valence electrons. The first-order valence-electron chi connectivity index (χ1n) is 9.37. The number of nitrogens with one attached hydrogen (secondary N) is 1. The Morgan fingerprint density at radius 1 is 1.19 bits per heavy atom. The maximum Gasteiger partial charge on any atom is 0.340 e. The molecule has 2 heterocycles. The zero-order chi connectivity index (χ0) is 19.2.